The lowest BCUT2D eigenvalue weighted by atomic mass is 10.3. The third kappa shape index (κ3) is 5.41. The number of hydrogen-bond donors (Lipinski definition) is 2. The third-order valence-electron chi connectivity index (χ3n) is 2.74. The van der Waals surface area contributed by atoms with Crippen molar-refractivity contribution in [2.75, 3.05) is 17.2 Å². The van der Waals surface area contributed by atoms with E-state index in [1.165, 1.54) is 18.2 Å². The molecule has 2 rings (SSSR count). The van der Waals surface area contributed by atoms with E-state index in [2.05, 4.69) is 15.4 Å². The lowest BCUT2D eigenvalue weighted by Gasteiger charge is -2.10. The molecule has 2 aromatic rings. The van der Waals surface area contributed by atoms with Crippen LogP contribution >= 0.6 is 0 Å². The fraction of sp³-hybridized carbons (Fsp3) is 0.133. The molecule has 24 heavy (non-hydrogen) atoms. The summed E-state index contributed by atoms with van der Waals surface area (Å²) < 4.78 is 65.5. The summed E-state index contributed by atoms with van der Waals surface area (Å²) in [4.78, 5) is 11.7. The molecule has 0 atom stereocenters. The molecule has 9 heteroatoms. The Hall–Kier alpha value is -2.84. The van der Waals surface area contributed by atoms with Crippen LogP contribution in [-0.2, 0) is 4.79 Å². The van der Waals surface area contributed by atoms with Crippen LogP contribution in [0.3, 0.4) is 0 Å². The summed E-state index contributed by atoms with van der Waals surface area (Å²) >= 11 is 0. The number of rotatable bonds is 5. The Kier molecular flexibility index (Phi) is 5.22. The van der Waals surface area contributed by atoms with Crippen molar-refractivity contribution in [3.63, 3.8) is 0 Å². The molecule has 0 aromatic heterocycles. The van der Waals surface area contributed by atoms with Gasteiger partial charge in [-0.2, -0.15) is 0 Å². The van der Waals surface area contributed by atoms with Gasteiger partial charge in [-0.1, -0.05) is 0 Å². The van der Waals surface area contributed by atoms with Crippen LogP contribution in [0.1, 0.15) is 0 Å². The number of nitrogens with one attached hydrogen (secondary N) is 2. The fourth-order valence-electron chi connectivity index (χ4n) is 1.73. The first kappa shape index (κ1) is 17.5. The van der Waals surface area contributed by atoms with Crippen LogP contribution in [-0.4, -0.2) is 18.8 Å². The zero-order valence-electron chi connectivity index (χ0n) is 12.0. The number of anilines is 2. The van der Waals surface area contributed by atoms with Crippen molar-refractivity contribution in [2.24, 2.45) is 0 Å². The van der Waals surface area contributed by atoms with E-state index in [4.69, 9.17) is 0 Å². The Balaban J connectivity index is 1.86. The molecule has 4 nitrogen and oxygen atoms in total. The van der Waals surface area contributed by atoms with Crippen LogP contribution in [0.25, 0.3) is 0 Å². The Bertz CT molecular complexity index is 717. The van der Waals surface area contributed by atoms with Gasteiger partial charge in [-0.25, -0.2) is 8.78 Å². The molecule has 0 heterocycles. The number of carbonyl (C=O) groups excluding carboxylic acids is 1. The van der Waals surface area contributed by atoms with Crippen molar-refractivity contribution >= 4 is 17.3 Å². The highest BCUT2D eigenvalue weighted by Crippen LogP contribution is 2.23. The smallest absolute Gasteiger partial charge is 0.406 e. The molecule has 0 fully saturated rings. The summed E-state index contributed by atoms with van der Waals surface area (Å²) in [5.74, 6) is -3.00. The molecule has 0 saturated heterocycles. The number of benzene rings is 2. The first-order valence-corrected chi connectivity index (χ1v) is 6.57. The van der Waals surface area contributed by atoms with Gasteiger partial charge in [0.15, 0.2) is 11.6 Å². The second kappa shape index (κ2) is 7.16. The molecule has 2 N–H and O–H groups in total. The molecule has 0 unspecified atom stereocenters. The predicted octanol–water partition coefficient (Wildman–Crippen LogP) is 3.91. The molecule has 1 amide bonds. The Morgan fingerprint density at radius 2 is 1.58 bits per heavy atom. The van der Waals surface area contributed by atoms with Crippen LogP contribution in [0.15, 0.2) is 42.5 Å². The van der Waals surface area contributed by atoms with E-state index in [1.807, 2.05) is 0 Å². The lowest BCUT2D eigenvalue weighted by Crippen LogP contribution is -2.22. The predicted molar refractivity (Wildman–Crippen MR) is 76.6 cm³/mol. The first-order valence-electron chi connectivity index (χ1n) is 6.57. The first-order chi connectivity index (χ1) is 11.2. The topological polar surface area (TPSA) is 50.4 Å². The minimum absolute atomic E-state index is 0.206. The van der Waals surface area contributed by atoms with E-state index < -0.39 is 29.7 Å². The minimum Gasteiger partial charge on any atom is -0.406 e. The Labute approximate surface area is 133 Å². The highest BCUT2D eigenvalue weighted by molar-refractivity contribution is 5.93. The quantitative estimate of drug-likeness (QED) is 0.807. The van der Waals surface area contributed by atoms with Crippen molar-refractivity contribution in [3.8, 4) is 5.75 Å². The number of alkyl halides is 3. The Morgan fingerprint density at radius 1 is 0.958 bits per heavy atom. The molecular weight excluding hydrogens is 335 g/mol. The average Bonchev–Trinajstić information content (AvgIpc) is 2.49. The highest BCUT2D eigenvalue weighted by Gasteiger charge is 2.30. The molecular formula is C15H11F5N2O2. The number of halogens is 5. The second-order valence-corrected chi connectivity index (χ2v) is 4.60. The van der Waals surface area contributed by atoms with E-state index in [0.717, 1.165) is 24.3 Å². The molecule has 128 valence electrons. The van der Waals surface area contributed by atoms with Crippen LogP contribution in [0.2, 0.25) is 0 Å². The Morgan fingerprint density at radius 3 is 2.17 bits per heavy atom. The van der Waals surface area contributed by atoms with Gasteiger partial charge >= 0.3 is 6.36 Å². The monoisotopic (exact) mass is 346 g/mol. The maximum atomic E-state index is 13.0. The molecule has 0 radical (unpaired) electrons. The van der Waals surface area contributed by atoms with Crippen molar-refractivity contribution in [1.82, 2.24) is 0 Å². The third-order valence-corrected chi connectivity index (χ3v) is 2.74. The van der Waals surface area contributed by atoms with Gasteiger partial charge in [0.1, 0.15) is 5.75 Å². The second-order valence-electron chi connectivity index (χ2n) is 4.60. The molecule has 0 aliphatic heterocycles. The van der Waals surface area contributed by atoms with Gasteiger partial charge in [0.05, 0.1) is 6.54 Å². The summed E-state index contributed by atoms with van der Waals surface area (Å²) in [6.07, 6.45) is -4.79. The summed E-state index contributed by atoms with van der Waals surface area (Å²) in [5.41, 5.74) is 0.458. The number of hydrogen-bond acceptors (Lipinski definition) is 3. The van der Waals surface area contributed by atoms with E-state index >= 15 is 0 Å². The molecule has 0 bridgehead atoms. The maximum absolute atomic E-state index is 13.0. The van der Waals surface area contributed by atoms with E-state index in [0.29, 0.717) is 0 Å². The van der Waals surface area contributed by atoms with E-state index in [9.17, 15) is 26.7 Å². The van der Waals surface area contributed by atoms with Crippen molar-refractivity contribution in [2.45, 2.75) is 6.36 Å². The van der Waals surface area contributed by atoms with Gasteiger partial charge in [-0.3, -0.25) is 4.79 Å². The standard InChI is InChI=1S/C15H11F5N2O2/c16-12-6-3-10(7-13(12)17)21-8-14(23)22-9-1-4-11(5-2-9)24-15(18,19)20/h1-7,21H,8H2,(H,22,23). The SMILES string of the molecule is O=C(CNc1ccc(F)c(F)c1)Nc1ccc(OC(F)(F)F)cc1. The zero-order valence-corrected chi connectivity index (χ0v) is 12.0. The van der Waals surface area contributed by atoms with Gasteiger partial charge in [-0.05, 0) is 36.4 Å². The van der Waals surface area contributed by atoms with Gasteiger partial charge in [-0.15, -0.1) is 13.2 Å². The molecule has 0 aliphatic rings. The lowest BCUT2D eigenvalue weighted by molar-refractivity contribution is -0.274. The molecule has 0 spiro atoms. The van der Waals surface area contributed by atoms with Gasteiger partial charge in [0.25, 0.3) is 0 Å². The van der Waals surface area contributed by atoms with Crippen LogP contribution < -0.4 is 15.4 Å². The summed E-state index contributed by atoms with van der Waals surface area (Å²) in [6.45, 7) is -0.244. The number of carbonyl (C=O) groups is 1. The van der Waals surface area contributed by atoms with Crippen molar-refractivity contribution < 1.29 is 31.5 Å². The normalized spacial score (nSPS) is 11.0. The van der Waals surface area contributed by atoms with Gasteiger partial charge < -0.3 is 15.4 Å². The highest BCUT2D eigenvalue weighted by atomic mass is 19.4. The maximum Gasteiger partial charge on any atom is 0.573 e. The molecule has 0 saturated carbocycles. The van der Waals surface area contributed by atoms with Crippen LogP contribution in [0.4, 0.5) is 33.3 Å². The summed E-state index contributed by atoms with van der Waals surface area (Å²) in [5, 5.41) is 5.01. The van der Waals surface area contributed by atoms with E-state index in [1.54, 1.807) is 0 Å². The zero-order chi connectivity index (χ0) is 17.7. The summed E-state index contributed by atoms with van der Waals surface area (Å²) in [6, 6.07) is 7.63. The fourth-order valence-corrected chi connectivity index (χ4v) is 1.73. The molecule has 0 aliphatic carbocycles. The average molecular weight is 346 g/mol. The van der Waals surface area contributed by atoms with Crippen molar-refractivity contribution in [1.29, 1.82) is 0 Å². The molecule has 2 aromatic carbocycles. The van der Waals surface area contributed by atoms with Gasteiger partial charge in [0, 0.05) is 17.4 Å². The van der Waals surface area contributed by atoms with E-state index in [-0.39, 0.29) is 17.9 Å². The minimum atomic E-state index is -4.79. The largest absolute Gasteiger partial charge is 0.573 e. The number of amides is 1. The van der Waals surface area contributed by atoms with Gasteiger partial charge in [0.2, 0.25) is 5.91 Å². The van der Waals surface area contributed by atoms with Crippen LogP contribution in [0.5, 0.6) is 5.75 Å². The number of ether oxygens (including phenoxy) is 1. The van der Waals surface area contributed by atoms with Crippen LogP contribution in [0, 0.1) is 11.6 Å². The summed E-state index contributed by atoms with van der Waals surface area (Å²) in [7, 11) is 0. The van der Waals surface area contributed by atoms with Crippen molar-refractivity contribution in [3.05, 3.63) is 54.1 Å².